The second-order valence-electron chi connectivity index (χ2n) is 4.05. The van der Waals surface area contributed by atoms with Crippen LogP contribution in [-0.4, -0.2) is 24.2 Å². The molecular formula is C13H22N2O2. The highest BCUT2D eigenvalue weighted by Crippen LogP contribution is 2.23. The lowest BCUT2D eigenvalue weighted by molar-refractivity contribution is -0.0559. The second-order valence-corrected chi connectivity index (χ2v) is 4.05. The Kier molecular flexibility index (Phi) is 5.38. The van der Waals surface area contributed by atoms with E-state index in [1.807, 2.05) is 12.1 Å². The molecule has 17 heavy (non-hydrogen) atoms. The van der Waals surface area contributed by atoms with Crippen LogP contribution in [0.1, 0.15) is 32.3 Å². The zero-order valence-corrected chi connectivity index (χ0v) is 10.9. The van der Waals surface area contributed by atoms with Crippen molar-refractivity contribution in [2.45, 2.75) is 38.9 Å². The number of methoxy groups -OCH3 is 1. The maximum absolute atomic E-state index is 5.96. The van der Waals surface area contributed by atoms with Gasteiger partial charge in [0, 0.05) is 18.3 Å². The second kappa shape index (κ2) is 6.57. The molecule has 1 aromatic heterocycles. The summed E-state index contributed by atoms with van der Waals surface area (Å²) in [6, 6.07) is 3.83. The largest absolute Gasteiger partial charge is 0.481 e. The minimum atomic E-state index is -0.235. The van der Waals surface area contributed by atoms with Crippen LogP contribution in [-0.2, 0) is 11.3 Å². The summed E-state index contributed by atoms with van der Waals surface area (Å²) >= 11 is 0. The Morgan fingerprint density at radius 1 is 1.35 bits per heavy atom. The van der Waals surface area contributed by atoms with Crippen molar-refractivity contribution in [3.63, 3.8) is 0 Å². The third-order valence-electron chi connectivity index (χ3n) is 3.24. The van der Waals surface area contributed by atoms with Gasteiger partial charge in [-0.15, -0.1) is 0 Å². The van der Waals surface area contributed by atoms with Crippen molar-refractivity contribution in [3.8, 4) is 5.88 Å². The SMILES string of the molecule is CCC(CC)(CN)OCc1cccnc1OC. The van der Waals surface area contributed by atoms with Crippen molar-refractivity contribution >= 4 is 0 Å². The highest BCUT2D eigenvalue weighted by molar-refractivity contribution is 5.24. The minimum Gasteiger partial charge on any atom is -0.481 e. The Hall–Kier alpha value is -1.13. The Bertz CT molecular complexity index is 330. The molecule has 0 saturated heterocycles. The molecule has 1 heterocycles. The van der Waals surface area contributed by atoms with E-state index in [-0.39, 0.29) is 5.60 Å². The van der Waals surface area contributed by atoms with E-state index in [0.717, 1.165) is 18.4 Å². The fourth-order valence-electron chi connectivity index (χ4n) is 1.75. The quantitative estimate of drug-likeness (QED) is 0.790. The molecule has 0 aliphatic carbocycles. The van der Waals surface area contributed by atoms with Gasteiger partial charge in [-0.05, 0) is 25.0 Å². The van der Waals surface area contributed by atoms with Gasteiger partial charge in [0.25, 0.3) is 0 Å². The lowest BCUT2D eigenvalue weighted by Gasteiger charge is -2.30. The van der Waals surface area contributed by atoms with E-state index < -0.39 is 0 Å². The summed E-state index contributed by atoms with van der Waals surface area (Å²) in [4.78, 5) is 4.14. The Morgan fingerprint density at radius 2 is 2.06 bits per heavy atom. The summed E-state index contributed by atoms with van der Waals surface area (Å²) in [6.07, 6.45) is 3.52. The van der Waals surface area contributed by atoms with Gasteiger partial charge >= 0.3 is 0 Å². The molecular weight excluding hydrogens is 216 g/mol. The highest BCUT2D eigenvalue weighted by Gasteiger charge is 2.25. The summed E-state index contributed by atoms with van der Waals surface area (Å²) in [5.41, 5.74) is 6.51. The Morgan fingerprint density at radius 3 is 2.59 bits per heavy atom. The van der Waals surface area contributed by atoms with Crippen molar-refractivity contribution in [2.24, 2.45) is 5.73 Å². The first-order valence-corrected chi connectivity index (χ1v) is 6.03. The summed E-state index contributed by atoms with van der Waals surface area (Å²) in [5.74, 6) is 0.616. The van der Waals surface area contributed by atoms with Crippen LogP contribution in [0.25, 0.3) is 0 Å². The minimum absolute atomic E-state index is 0.235. The maximum Gasteiger partial charge on any atom is 0.218 e. The van der Waals surface area contributed by atoms with Gasteiger partial charge in [-0.1, -0.05) is 13.8 Å². The number of aromatic nitrogens is 1. The summed E-state index contributed by atoms with van der Waals surface area (Å²) < 4.78 is 11.1. The van der Waals surface area contributed by atoms with Gasteiger partial charge in [0.1, 0.15) is 0 Å². The first kappa shape index (κ1) is 13.9. The first-order chi connectivity index (χ1) is 8.21. The molecule has 0 aliphatic heterocycles. The van der Waals surface area contributed by atoms with E-state index in [1.165, 1.54) is 0 Å². The van der Waals surface area contributed by atoms with Crippen LogP contribution in [0, 0.1) is 0 Å². The van der Waals surface area contributed by atoms with Gasteiger partial charge in [-0.3, -0.25) is 0 Å². The van der Waals surface area contributed by atoms with E-state index in [2.05, 4.69) is 18.8 Å². The van der Waals surface area contributed by atoms with Gasteiger partial charge in [-0.25, -0.2) is 4.98 Å². The lowest BCUT2D eigenvalue weighted by Crippen LogP contribution is -2.39. The average Bonchev–Trinajstić information content (AvgIpc) is 2.41. The molecule has 0 unspecified atom stereocenters. The van der Waals surface area contributed by atoms with Crippen LogP contribution in [0.15, 0.2) is 18.3 Å². The standard InChI is InChI=1S/C13H22N2O2/c1-4-13(5-2,10-14)17-9-11-7-6-8-15-12(11)16-3/h6-8H,4-5,9-10,14H2,1-3H3. The van der Waals surface area contributed by atoms with Crippen LogP contribution in [0.2, 0.25) is 0 Å². The molecule has 0 amide bonds. The van der Waals surface area contributed by atoms with E-state index >= 15 is 0 Å². The van der Waals surface area contributed by atoms with Crippen LogP contribution in [0.3, 0.4) is 0 Å². The van der Waals surface area contributed by atoms with Gasteiger partial charge in [0.15, 0.2) is 0 Å². The van der Waals surface area contributed by atoms with Gasteiger partial charge in [-0.2, -0.15) is 0 Å². The van der Waals surface area contributed by atoms with E-state index in [0.29, 0.717) is 19.0 Å². The molecule has 96 valence electrons. The summed E-state index contributed by atoms with van der Waals surface area (Å²) in [5, 5.41) is 0. The number of nitrogens with two attached hydrogens (primary N) is 1. The van der Waals surface area contributed by atoms with Crippen LogP contribution in [0.5, 0.6) is 5.88 Å². The zero-order chi connectivity index (χ0) is 12.7. The normalized spacial score (nSPS) is 11.5. The van der Waals surface area contributed by atoms with Crippen molar-refractivity contribution in [1.29, 1.82) is 0 Å². The molecule has 4 heteroatoms. The molecule has 4 nitrogen and oxygen atoms in total. The monoisotopic (exact) mass is 238 g/mol. The Balaban J connectivity index is 2.71. The number of nitrogens with zero attached hydrogens (tertiary/aromatic N) is 1. The lowest BCUT2D eigenvalue weighted by atomic mass is 9.97. The number of ether oxygens (including phenoxy) is 2. The predicted molar refractivity (Wildman–Crippen MR) is 67.9 cm³/mol. The van der Waals surface area contributed by atoms with Crippen LogP contribution >= 0.6 is 0 Å². The third-order valence-corrected chi connectivity index (χ3v) is 3.24. The van der Waals surface area contributed by atoms with Gasteiger partial charge in [0.05, 0.1) is 19.3 Å². The zero-order valence-electron chi connectivity index (χ0n) is 10.9. The van der Waals surface area contributed by atoms with Crippen molar-refractivity contribution in [3.05, 3.63) is 23.9 Å². The molecule has 0 aliphatic rings. The molecule has 0 fully saturated rings. The molecule has 0 atom stereocenters. The summed E-state index contributed by atoms with van der Waals surface area (Å²) in [6.45, 7) is 5.20. The third kappa shape index (κ3) is 3.41. The molecule has 0 radical (unpaired) electrons. The number of pyridine rings is 1. The fraction of sp³-hybridized carbons (Fsp3) is 0.615. The van der Waals surface area contributed by atoms with Crippen LogP contribution < -0.4 is 10.5 Å². The van der Waals surface area contributed by atoms with Crippen molar-refractivity contribution < 1.29 is 9.47 Å². The number of hydrogen-bond donors (Lipinski definition) is 1. The molecule has 1 rings (SSSR count). The molecule has 0 aromatic carbocycles. The predicted octanol–water partition coefficient (Wildman–Crippen LogP) is 2.12. The van der Waals surface area contributed by atoms with E-state index in [1.54, 1.807) is 13.3 Å². The average molecular weight is 238 g/mol. The molecule has 1 aromatic rings. The first-order valence-electron chi connectivity index (χ1n) is 6.03. The van der Waals surface area contributed by atoms with E-state index in [4.69, 9.17) is 15.2 Å². The van der Waals surface area contributed by atoms with Crippen molar-refractivity contribution in [2.75, 3.05) is 13.7 Å². The molecule has 0 bridgehead atoms. The van der Waals surface area contributed by atoms with E-state index in [9.17, 15) is 0 Å². The Labute approximate surface area is 103 Å². The fourth-order valence-corrected chi connectivity index (χ4v) is 1.75. The van der Waals surface area contributed by atoms with Crippen LogP contribution in [0.4, 0.5) is 0 Å². The number of rotatable bonds is 7. The highest BCUT2D eigenvalue weighted by atomic mass is 16.5. The smallest absolute Gasteiger partial charge is 0.218 e. The topological polar surface area (TPSA) is 57.4 Å². The maximum atomic E-state index is 5.96. The van der Waals surface area contributed by atoms with Crippen molar-refractivity contribution in [1.82, 2.24) is 4.98 Å². The van der Waals surface area contributed by atoms with Gasteiger partial charge < -0.3 is 15.2 Å². The molecule has 2 N–H and O–H groups in total. The van der Waals surface area contributed by atoms with Gasteiger partial charge in [0.2, 0.25) is 5.88 Å². The summed E-state index contributed by atoms with van der Waals surface area (Å²) in [7, 11) is 1.61. The molecule has 0 spiro atoms. The number of hydrogen-bond acceptors (Lipinski definition) is 4. The molecule has 0 saturated carbocycles.